The molecule has 0 saturated carbocycles. The van der Waals surface area contributed by atoms with E-state index in [-0.39, 0.29) is 24.7 Å². The molecular weight excluding hydrogens is 334 g/mol. The fourth-order valence-electron chi connectivity index (χ4n) is 2.30. The summed E-state index contributed by atoms with van der Waals surface area (Å²) in [6, 6.07) is 8.46. The van der Waals surface area contributed by atoms with Crippen molar-refractivity contribution in [3.63, 3.8) is 0 Å². The SMILES string of the molecule is CCC(C)C(NC(=O)OCc1ccccc1)C(=O)CC(=O)OC(C)(C)C. The molecule has 0 aliphatic heterocycles. The minimum absolute atomic E-state index is 0.111. The smallest absolute Gasteiger partial charge is 0.408 e. The molecule has 2 unspecified atom stereocenters. The zero-order chi connectivity index (χ0) is 19.7. The fourth-order valence-corrected chi connectivity index (χ4v) is 2.30. The number of ether oxygens (including phenoxy) is 2. The fraction of sp³-hybridized carbons (Fsp3) is 0.550. The summed E-state index contributed by atoms with van der Waals surface area (Å²) in [5.74, 6) is -1.12. The highest BCUT2D eigenvalue weighted by atomic mass is 16.6. The number of benzene rings is 1. The molecule has 0 aromatic heterocycles. The van der Waals surface area contributed by atoms with Gasteiger partial charge in [0.2, 0.25) is 0 Å². The lowest BCUT2D eigenvalue weighted by Gasteiger charge is -2.24. The van der Waals surface area contributed by atoms with Crippen molar-refractivity contribution in [2.75, 3.05) is 0 Å². The maximum absolute atomic E-state index is 12.5. The van der Waals surface area contributed by atoms with Crippen molar-refractivity contribution in [1.82, 2.24) is 5.32 Å². The summed E-state index contributed by atoms with van der Waals surface area (Å²) in [6.45, 7) is 9.08. The van der Waals surface area contributed by atoms with Gasteiger partial charge in [0.05, 0.1) is 6.04 Å². The Morgan fingerprint density at radius 1 is 1.12 bits per heavy atom. The van der Waals surface area contributed by atoms with E-state index in [0.29, 0.717) is 6.42 Å². The molecule has 144 valence electrons. The van der Waals surface area contributed by atoms with Gasteiger partial charge in [-0.1, -0.05) is 50.6 Å². The topological polar surface area (TPSA) is 81.7 Å². The molecule has 2 atom stereocenters. The van der Waals surface area contributed by atoms with Crippen molar-refractivity contribution in [2.45, 2.75) is 65.7 Å². The number of ketones is 1. The van der Waals surface area contributed by atoms with E-state index >= 15 is 0 Å². The minimum atomic E-state index is -0.796. The van der Waals surface area contributed by atoms with Crippen molar-refractivity contribution >= 4 is 17.8 Å². The minimum Gasteiger partial charge on any atom is -0.460 e. The first-order chi connectivity index (χ1) is 12.1. The monoisotopic (exact) mass is 363 g/mol. The maximum Gasteiger partial charge on any atom is 0.408 e. The first-order valence-electron chi connectivity index (χ1n) is 8.84. The zero-order valence-corrected chi connectivity index (χ0v) is 16.2. The standard InChI is InChI=1S/C20H29NO5/c1-6-14(2)18(16(22)12-17(23)26-20(3,4)5)21-19(24)25-13-15-10-8-7-9-11-15/h7-11,14,18H,6,12-13H2,1-5H3,(H,21,24). The number of hydrogen-bond acceptors (Lipinski definition) is 5. The van der Waals surface area contributed by atoms with Gasteiger partial charge in [-0.3, -0.25) is 9.59 Å². The molecule has 0 bridgehead atoms. The molecule has 0 spiro atoms. The number of amides is 1. The normalized spacial score (nSPS) is 13.4. The Morgan fingerprint density at radius 2 is 1.73 bits per heavy atom. The van der Waals surface area contributed by atoms with Gasteiger partial charge < -0.3 is 14.8 Å². The van der Waals surface area contributed by atoms with E-state index < -0.39 is 23.7 Å². The van der Waals surface area contributed by atoms with Gasteiger partial charge in [0.25, 0.3) is 0 Å². The predicted molar refractivity (Wildman–Crippen MR) is 98.5 cm³/mol. The zero-order valence-electron chi connectivity index (χ0n) is 16.2. The molecule has 0 aliphatic rings. The summed E-state index contributed by atoms with van der Waals surface area (Å²) in [5.41, 5.74) is 0.188. The van der Waals surface area contributed by atoms with Crippen LogP contribution in [-0.2, 0) is 25.7 Å². The lowest BCUT2D eigenvalue weighted by atomic mass is 9.94. The van der Waals surface area contributed by atoms with Crippen molar-refractivity contribution in [1.29, 1.82) is 0 Å². The molecule has 1 rings (SSSR count). The van der Waals surface area contributed by atoms with Gasteiger partial charge in [-0.2, -0.15) is 0 Å². The highest BCUT2D eigenvalue weighted by molar-refractivity contribution is 5.99. The number of Topliss-reactive ketones (excluding diaryl/α,β-unsaturated/α-hetero) is 1. The molecular formula is C20H29NO5. The average molecular weight is 363 g/mol. The van der Waals surface area contributed by atoms with Crippen LogP contribution in [0.1, 0.15) is 53.0 Å². The molecule has 26 heavy (non-hydrogen) atoms. The molecule has 0 fully saturated rings. The molecule has 6 heteroatoms. The Bertz CT molecular complexity index is 606. The lowest BCUT2D eigenvalue weighted by molar-refractivity contribution is -0.156. The second-order valence-corrected chi connectivity index (χ2v) is 7.30. The van der Waals surface area contributed by atoms with Crippen LogP contribution in [0.3, 0.4) is 0 Å². The number of nitrogens with one attached hydrogen (secondary N) is 1. The van der Waals surface area contributed by atoms with Crippen molar-refractivity contribution in [2.24, 2.45) is 5.92 Å². The predicted octanol–water partition coefficient (Wildman–Crippen LogP) is 3.63. The van der Waals surface area contributed by atoms with Crippen LogP contribution in [0.2, 0.25) is 0 Å². The summed E-state index contributed by atoms with van der Waals surface area (Å²) in [7, 11) is 0. The lowest BCUT2D eigenvalue weighted by Crippen LogP contribution is -2.46. The summed E-state index contributed by atoms with van der Waals surface area (Å²) < 4.78 is 10.3. The van der Waals surface area contributed by atoms with Crippen LogP contribution >= 0.6 is 0 Å². The van der Waals surface area contributed by atoms with E-state index in [1.807, 2.05) is 44.2 Å². The summed E-state index contributed by atoms with van der Waals surface area (Å²) >= 11 is 0. The van der Waals surface area contributed by atoms with Gasteiger partial charge in [-0.15, -0.1) is 0 Å². The Hall–Kier alpha value is -2.37. The van der Waals surface area contributed by atoms with Gasteiger partial charge in [-0.25, -0.2) is 4.79 Å². The molecule has 1 aromatic rings. The largest absolute Gasteiger partial charge is 0.460 e. The van der Waals surface area contributed by atoms with E-state index in [2.05, 4.69) is 5.32 Å². The maximum atomic E-state index is 12.5. The van der Waals surface area contributed by atoms with E-state index in [9.17, 15) is 14.4 Å². The molecule has 0 radical (unpaired) electrons. The van der Waals surface area contributed by atoms with Crippen molar-refractivity contribution in [3.8, 4) is 0 Å². The van der Waals surface area contributed by atoms with E-state index in [0.717, 1.165) is 5.56 Å². The number of carbonyl (C=O) groups is 3. The quantitative estimate of drug-likeness (QED) is 0.563. The number of carbonyl (C=O) groups excluding carboxylic acids is 3. The second kappa shape index (κ2) is 9.94. The van der Waals surface area contributed by atoms with E-state index in [1.165, 1.54) is 0 Å². The summed E-state index contributed by atoms with van der Waals surface area (Å²) in [5, 5.41) is 2.59. The first-order valence-corrected chi connectivity index (χ1v) is 8.84. The Kier molecular flexibility index (Phi) is 8.29. The first kappa shape index (κ1) is 21.7. The highest BCUT2D eigenvalue weighted by Gasteiger charge is 2.29. The number of rotatable bonds is 8. The van der Waals surface area contributed by atoms with Crippen LogP contribution < -0.4 is 5.32 Å². The van der Waals surface area contributed by atoms with Gasteiger partial charge in [-0.05, 0) is 32.3 Å². The van der Waals surface area contributed by atoms with Crippen LogP contribution in [0.5, 0.6) is 0 Å². The summed E-state index contributed by atoms with van der Waals surface area (Å²) in [4.78, 5) is 36.4. The summed E-state index contributed by atoms with van der Waals surface area (Å²) in [6.07, 6.45) is -0.397. The van der Waals surface area contributed by atoms with Crippen LogP contribution in [0, 0.1) is 5.92 Å². The molecule has 1 amide bonds. The molecule has 0 heterocycles. The van der Waals surface area contributed by atoms with Gasteiger partial charge in [0, 0.05) is 0 Å². The molecule has 0 saturated heterocycles. The highest BCUT2D eigenvalue weighted by Crippen LogP contribution is 2.14. The van der Waals surface area contributed by atoms with Crippen LogP contribution in [0.25, 0.3) is 0 Å². The molecule has 1 N–H and O–H groups in total. The third-order valence-electron chi connectivity index (χ3n) is 3.78. The van der Waals surface area contributed by atoms with Crippen molar-refractivity contribution < 1.29 is 23.9 Å². The third-order valence-corrected chi connectivity index (χ3v) is 3.78. The van der Waals surface area contributed by atoms with E-state index in [1.54, 1.807) is 20.8 Å². The van der Waals surface area contributed by atoms with Crippen LogP contribution in [0.15, 0.2) is 30.3 Å². The average Bonchev–Trinajstić information content (AvgIpc) is 2.56. The molecule has 0 aliphatic carbocycles. The Morgan fingerprint density at radius 3 is 2.27 bits per heavy atom. The molecule has 1 aromatic carbocycles. The second-order valence-electron chi connectivity index (χ2n) is 7.30. The Labute approximate surface area is 155 Å². The third kappa shape index (κ3) is 8.14. The van der Waals surface area contributed by atoms with Crippen molar-refractivity contribution in [3.05, 3.63) is 35.9 Å². The number of alkyl carbamates (subject to hydrolysis) is 1. The van der Waals surface area contributed by atoms with Gasteiger partial charge in [0.1, 0.15) is 18.6 Å². The Balaban J connectivity index is 2.63. The number of hydrogen-bond donors (Lipinski definition) is 1. The van der Waals surface area contributed by atoms with Crippen LogP contribution in [-0.4, -0.2) is 29.5 Å². The van der Waals surface area contributed by atoms with Crippen LogP contribution in [0.4, 0.5) is 4.79 Å². The van der Waals surface area contributed by atoms with E-state index in [4.69, 9.17) is 9.47 Å². The van der Waals surface area contributed by atoms with Gasteiger partial charge >= 0.3 is 12.1 Å². The van der Waals surface area contributed by atoms with Gasteiger partial charge in [0.15, 0.2) is 5.78 Å². The number of esters is 1. The molecule has 6 nitrogen and oxygen atoms in total.